The van der Waals surface area contributed by atoms with E-state index in [-0.39, 0.29) is 24.3 Å². The smallest absolute Gasteiger partial charge is 0.258 e. The Morgan fingerprint density at radius 3 is 2.61 bits per heavy atom. The van der Waals surface area contributed by atoms with Gasteiger partial charge in [-0.2, -0.15) is 0 Å². The summed E-state index contributed by atoms with van der Waals surface area (Å²) in [4.78, 5) is 23.3. The number of ether oxygens (including phenoxy) is 1. The van der Waals surface area contributed by atoms with Gasteiger partial charge in [-0.25, -0.2) is 0 Å². The molecule has 2 aromatic rings. The Hall–Kier alpha value is -2.33. The monoisotopic (exact) mass is 331 g/mol. The lowest BCUT2D eigenvalue weighted by Crippen LogP contribution is -2.31. The maximum Gasteiger partial charge on any atom is 0.258 e. The van der Waals surface area contributed by atoms with E-state index in [2.05, 4.69) is 5.32 Å². The second-order valence-electron chi connectivity index (χ2n) is 5.22. The molecule has 2 rings (SSSR count). The summed E-state index contributed by atoms with van der Waals surface area (Å²) < 4.78 is 5.43. The number of halogens is 1. The van der Waals surface area contributed by atoms with Crippen LogP contribution in [0.15, 0.2) is 48.5 Å². The number of hydrogen-bond acceptors (Lipinski definition) is 3. The average Bonchev–Trinajstić information content (AvgIpc) is 2.53. The van der Waals surface area contributed by atoms with Gasteiger partial charge in [0.1, 0.15) is 5.75 Å². The van der Waals surface area contributed by atoms with Crippen molar-refractivity contribution in [1.82, 2.24) is 5.32 Å². The first kappa shape index (κ1) is 17.0. The van der Waals surface area contributed by atoms with Crippen LogP contribution in [-0.2, 0) is 4.79 Å². The zero-order chi connectivity index (χ0) is 16.8. The van der Waals surface area contributed by atoms with Crippen LogP contribution in [0.2, 0.25) is 5.02 Å². The molecule has 1 N–H and O–H groups in total. The van der Waals surface area contributed by atoms with Gasteiger partial charge < -0.3 is 10.1 Å². The predicted octanol–water partition coefficient (Wildman–Crippen LogP) is 3.80. The van der Waals surface area contributed by atoms with Gasteiger partial charge in [-0.1, -0.05) is 35.9 Å². The van der Waals surface area contributed by atoms with E-state index in [9.17, 15) is 9.59 Å². The molecule has 1 atom stereocenters. The zero-order valence-corrected chi connectivity index (χ0v) is 13.8. The van der Waals surface area contributed by atoms with Crippen LogP contribution in [-0.4, -0.2) is 18.3 Å². The molecule has 0 aliphatic heterocycles. The molecular formula is C18H18ClNO3. The molecule has 1 amide bonds. The summed E-state index contributed by atoms with van der Waals surface area (Å²) in [6, 6.07) is 13.9. The van der Waals surface area contributed by atoms with Crippen LogP contribution >= 0.6 is 11.6 Å². The third-order valence-corrected chi connectivity index (χ3v) is 3.57. The summed E-state index contributed by atoms with van der Waals surface area (Å²) in [5.41, 5.74) is 1.47. The molecule has 120 valence electrons. The molecule has 0 aliphatic rings. The highest BCUT2D eigenvalue weighted by Gasteiger charge is 2.11. The maximum atomic E-state index is 12.0. The largest absolute Gasteiger partial charge is 0.484 e. The van der Waals surface area contributed by atoms with Crippen molar-refractivity contribution in [1.29, 1.82) is 0 Å². The molecule has 23 heavy (non-hydrogen) atoms. The molecule has 0 unspecified atom stereocenters. The number of ketones is 1. The lowest BCUT2D eigenvalue weighted by atomic mass is 10.1. The average molecular weight is 332 g/mol. The second-order valence-corrected chi connectivity index (χ2v) is 5.65. The van der Waals surface area contributed by atoms with Crippen LogP contribution in [0.25, 0.3) is 0 Å². The van der Waals surface area contributed by atoms with Crippen molar-refractivity contribution in [3.8, 4) is 5.75 Å². The van der Waals surface area contributed by atoms with E-state index in [0.29, 0.717) is 16.3 Å². The fourth-order valence-electron chi connectivity index (χ4n) is 2.10. The number of rotatable bonds is 6. The van der Waals surface area contributed by atoms with Crippen LogP contribution in [0.4, 0.5) is 0 Å². The van der Waals surface area contributed by atoms with Gasteiger partial charge in [-0.3, -0.25) is 9.59 Å². The topological polar surface area (TPSA) is 55.4 Å². The number of carbonyl (C=O) groups excluding carboxylic acids is 2. The van der Waals surface area contributed by atoms with E-state index in [1.165, 1.54) is 6.92 Å². The Morgan fingerprint density at radius 1 is 1.17 bits per heavy atom. The molecule has 4 nitrogen and oxygen atoms in total. The van der Waals surface area contributed by atoms with Crippen molar-refractivity contribution in [2.75, 3.05) is 6.61 Å². The van der Waals surface area contributed by atoms with Gasteiger partial charge >= 0.3 is 0 Å². The summed E-state index contributed by atoms with van der Waals surface area (Å²) in [6.07, 6.45) is 0. The van der Waals surface area contributed by atoms with E-state index in [1.54, 1.807) is 30.3 Å². The van der Waals surface area contributed by atoms with Crippen molar-refractivity contribution in [2.24, 2.45) is 0 Å². The summed E-state index contributed by atoms with van der Waals surface area (Å²) in [5.74, 6) is 0.198. The quantitative estimate of drug-likeness (QED) is 0.819. The molecule has 2 aromatic carbocycles. The number of amides is 1. The van der Waals surface area contributed by atoms with Gasteiger partial charge in [-0.05, 0) is 43.7 Å². The molecule has 0 aromatic heterocycles. The molecule has 0 fully saturated rings. The molecule has 0 spiro atoms. The molecular weight excluding hydrogens is 314 g/mol. The molecule has 0 heterocycles. The molecule has 0 bridgehead atoms. The van der Waals surface area contributed by atoms with Gasteiger partial charge in [-0.15, -0.1) is 0 Å². The Labute approximate surface area is 140 Å². The number of Topliss-reactive ketones (excluding diaryl/α,β-unsaturated/α-hetero) is 1. The Bertz CT molecular complexity index is 715. The van der Waals surface area contributed by atoms with Crippen molar-refractivity contribution in [3.63, 3.8) is 0 Å². The third kappa shape index (κ3) is 5.11. The molecule has 0 saturated heterocycles. The lowest BCUT2D eigenvalue weighted by molar-refractivity contribution is -0.123. The van der Waals surface area contributed by atoms with E-state index in [4.69, 9.17) is 16.3 Å². The van der Waals surface area contributed by atoms with Crippen molar-refractivity contribution >= 4 is 23.3 Å². The van der Waals surface area contributed by atoms with Crippen LogP contribution in [0.3, 0.4) is 0 Å². The fourth-order valence-corrected chi connectivity index (χ4v) is 2.29. The highest BCUT2D eigenvalue weighted by Crippen LogP contribution is 2.17. The standard InChI is InChI=1S/C18H18ClNO3/c1-12(14-5-3-7-16(19)9-14)20-18(22)11-23-17-8-4-6-15(10-17)13(2)21/h3-10,12H,11H2,1-2H3,(H,20,22)/t12-/m0/s1. The maximum absolute atomic E-state index is 12.0. The van der Waals surface area contributed by atoms with Crippen LogP contribution in [0, 0.1) is 0 Å². The van der Waals surface area contributed by atoms with E-state index >= 15 is 0 Å². The Balaban J connectivity index is 1.90. The van der Waals surface area contributed by atoms with Gasteiger partial charge in [0.2, 0.25) is 0 Å². The molecule has 0 aliphatic carbocycles. The van der Waals surface area contributed by atoms with E-state index < -0.39 is 0 Å². The Morgan fingerprint density at radius 2 is 1.91 bits per heavy atom. The molecule has 0 radical (unpaired) electrons. The number of carbonyl (C=O) groups is 2. The van der Waals surface area contributed by atoms with Crippen molar-refractivity contribution in [2.45, 2.75) is 19.9 Å². The minimum atomic E-state index is -0.245. The SMILES string of the molecule is CC(=O)c1cccc(OCC(=O)N[C@@H](C)c2cccc(Cl)c2)c1. The molecule has 0 saturated carbocycles. The van der Waals surface area contributed by atoms with Gasteiger partial charge in [0.25, 0.3) is 5.91 Å². The first-order valence-electron chi connectivity index (χ1n) is 7.24. The van der Waals surface area contributed by atoms with Crippen molar-refractivity contribution in [3.05, 3.63) is 64.7 Å². The number of benzene rings is 2. The summed E-state index contributed by atoms with van der Waals surface area (Å²) in [6.45, 7) is 3.24. The minimum Gasteiger partial charge on any atom is -0.484 e. The van der Waals surface area contributed by atoms with Gasteiger partial charge in [0.15, 0.2) is 12.4 Å². The van der Waals surface area contributed by atoms with Crippen molar-refractivity contribution < 1.29 is 14.3 Å². The molecule has 5 heteroatoms. The first-order chi connectivity index (χ1) is 11.0. The third-order valence-electron chi connectivity index (χ3n) is 3.34. The number of hydrogen-bond donors (Lipinski definition) is 1. The van der Waals surface area contributed by atoms with Crippen LogP contribution in [0.1, 0.15) is 35.8 Å². The van der Waals surface area contributed by atoms with Crippen LogP contribution in [0.5, 0.6) is 5.75 Å². The summed E-state index contributed by atoms with van der Waals surface area (Å²) in [7, 11) is 0. The van der Waals surface area contributed by atoms with E-state index in [0.717, 1.165) is 5.56 Å². The number of nitrogens with one attached hydrogen (secondary N) is 1. The zero-order valence-electron chi connectivity index (χ0n) is 13.0. The summed E-state index contributed by atoms with van der Waals surface area (Å²) >= 11 is 5.94. The highest BCUT2D eigenvalue weighted by molar-refractivity contribution is 6.30. The minimum absolute atomic E-state index is 0.0468. The second kappa shape index (κ2) is 7.79. The Kier molecular flexibility index (Phi) is 5.77. The van der Waals surface area contributed by atoms with Gasteiger partial charge in [0, 0.05) is 10.6 Å². The van der Waals surface area contributed by atoms with E-state index in [1.807, 2.05) is 25.1 Å². The lowest BCUT2D eigenvalue weighted by Gasteiger charge is -2.15. The highest BCUT2D eigenvalue weighted by atomic mass is 35.5. The van der Waals surface area contributed by atoms with Crippen LogP contribution < -0.4 is 10.1 Å². The first-order valence-corrected chi connectivity index (χ1v) is 7.62. The fraction of sp³-hybridized carbons (Fsp3) is 0.222. The van der Waals surface area contributed by atoms with Gasteiger partial charge in [0.05, 0.1) is 6.04 Å². The normalized spacial score (nSPS) is 11.6. The predicted molar refractivity (Wildman–Crippen MR) is 90.0 cm³/mol. The summed E-state index contributed by atoms with van der Waals surface area (Å²) in [5, 5.41) is 3.47.